The molecule has 178 valence electrons. The van der Waals surface area contributed by atoms with Gasteiger partial charge in [0.05, 0.1) is 44.7 Å². The minimum atomic E-state index is -1.01. The average molecular weight is 462 g/mol. The Morgan fingerprint density at radius 1 is 1.06 bits per heavy atom. The first-order valence-corrected chi connectivity index (χ1v) is 10.5. The van der Waals surface area contributed by atoms with Crippen LogP contribution in [0.15, 0.2) is 18.2 Å². The normalized spacial score (nSPS) is 17.6. The second-order valence-corrected chi connectivity index (χ2v) is 7.25. The molecule has 0 saturated carbocycles. The van der Waals surface area contributed by atoms with Gasteiger partial charge in [-0.25, -0.2) is 4.79 Å². The number of ether oxygens (including phenoxy) is 3. The molecule has 3 N–H and O–H groups in total. The maximum Gasteiger partial charge on any atom is 0.406 e. The van der Waals surface area contributed by atoms with Crippen molar-refractivity contribution < 1.29 is 38.2 Å². The summed E-state index contributed by atoms with van der Waals surface area (Å²) in [5.41, 5.74) is 0.882. The number of carbonyl (C=O) groups is 5. The molecule has 0 radical (unpaired) electrons. The third kappa shape index (κ3) is 5.84. The highest BCUT2D eigenvalue weighted by atomic mass is 16.5. The molecule has 1 unspecified atom stereocenters. The molecule has 0 aromatic heterocycles. The Labute approximate surface area is 189 Å². The molecule has 1 fully saturated rings. The molecule has 1 atom stereocenters. The summed E-state index contributed by atoms with van der Waals surface area (Å²) in [4.78, 5) is 61.2. The van der Waals surface area contributed by atoms with Gasteiger partial charge in [-0.1, -0.05) is 6.07 Å². The van der Waals surface area contributed by atoms with Crippen molar-refractivity contribution in [3.05, 3.63) is 29.3 Å². The van der Waals surface area contributed by atoms with Crippen molar-refractivity contribution in [2.45, 2.75) is 18.9 Å². The number of carbonyl (C=O) groups excluding carboxylic acids is 5. The first-order chi connectivity index (χ1) is 15.9. The first kappa shape index (κ1) is 24.1. The summed E-state index contributed by atoms with van der Waals surface area (Å²) in [6.07, 6.45) is -0.348. The summed E-state index contributed by atoms with van der Waals surface area (Å²) in [7, 11) is 1.28. The van der Waals surface area contributed by atoms with E-state index < -0.39 is 35.8 Å². The topological polar surface area (TPSA) is 152 Å². The van der Waals surface area contributed by atoms with Crippen LogP contribution in [0.25, 0.3) is 0 Å². The minimum Gasteiger partial charge on any atom is -0.453 e. The monoisotopic (exact) mass is 462 g/mol. The number of nitrogens with one attached hydrogen (secondary N) is 3. The Hall–Kier alpha value is -3.51. The summed E-state index contributed by atoms with van der Waals surface area (Å²) in [6, 6.07) is 3.86. The highest BCUT2D eigenvalue weighted by Crippen LogP contribution is 2.32. The van der Waals surface area contributed by atoms with Gasteiger partial charge in [0.2, 0.25) is 11.8 Å². The van der Waals surface area contributed by atoms with Crippen LogP contribution in [0.2, 0.25) is 0 Å². The van der Waals surface area contributed by atoms with Gasteiger partial charge in [-0.2, -0.15) is 0 Å². The summed E-state index contributed by atoms with van der Waals surface area (Å²) in [5, 5.41) is 7.75. The molecule has 1 aromatic rings. The van der Waals surface area contributed by atoms with Crippen LogP contribution in [-0.2, 0) is 23.8 Å². The molecule has 3 rings (SSSR count). The van der Waals surface area contributed by atoms with Gasteiger partial charge in [0, 0.05) is 25.2 Å². The second kappa shape index (κ2) is 11.4. The zero-order valence-corrected chi connectivity index (χ0v) is 18.2. The van der Waals surface area contributed by atoms with E-state index in [1.807, 2.05) is 0 Å². The molecule has 0 spiro atoms. The molecule has 12 heteroatoms. The number of fused-ring (bicyclic) bond motifs is 1. The van der Waals surface area contributed by atoms with E-state index in [-0.39, 0.29) is 24.0 Å². The molecule has 2 aliphatic rings. The lowest BCUT2D eigenvalue weighted by Gasteiger charge is -2.27. The highest BCUT2D eigenvalue weighted by Gasteiger charge is 2.45. The number of nitrogens with zero attached hydrogens (tertiary/aromatic N) is 1. The number of imide groups is 2. The number of hydrogen-bond donors (Lipinski definition) is 3. The number of rotatable bonds is 11. The van der Waals surface area contributed by atoms with Gasteiger partial charge in [0.1, 0.15) is 6.04 Å². The van der Waals surface area contributed by atoms with Gasteiger partial charge in [-0.15, -0.1) is 0 Å². The Morgan fingerprint density at radius 3 is 2.48 bits per heavy atom. The van der Waals surface area contributed by atoms with E-state index in [4.69, 9.17) is 9.47 Å². The molecule has 1 saturated heterocycles. The van der Waals surface area contributed by atoms with Crippen LogP contribution >= 0.6 is 0 Å². The molecule has 0 bridgehead atoms. The van der Waals surface area contributed by atoms with Crippen molar-refractivity contribution in [3.63, 3.8) is 0 Å². The van der Waals surface area contributed by atoms with Gasteiger partial charge in [0.25, 0.3) is 11.8 Å². The third-order valence-electron chi connectivity index (χ3n) is 5.10. The molecule has 0 aliphatic carbocycles. The number of hydrogen-bond acceptors (Lipinski definition) is 9. The van der Waals surface area contributed by atoms with E-state index in [1.54, 1.807) is 12.1 Å². The van der Waals surface area contributed by atoms with Crippen LogP contribution in [0.1, 0.15) is 33.6 Å². The lowest BCUT2D eigenvalue weighted by molar-refractivity contribution is -0.136. The van der Waals surface area contributed by atoms with Gasteiger partial charge in [-0.05, 0) is 18.6 Å². The molecule has 33 heavy (non-hydrogen) atoms. The predicted octanol–water partition coefficient (Wildman–Crippen LogP) is -0.111. The lowest BCUT2D eigenvalue weighted by Crippen LogP contribution is -2.54. The molecule has 2 heterocycles. The maximum absolute atomic E-state index is 13.0. The number of amides is 5. The SMILES string of the molecule is COC(=O)NCCOCCOCCNc1cccc2c1C(=O)N(C1CCC(=O)NC1=O)C2=O. The second-order valence-electron chi connectivity index (χ2n) is 7.25. The standard InChI is InChI=1S/C21H26N4O8/c1-31-21(30)23-8-10-33-12-11-32-9-7-22-14-4-2-3-13-17(14)20(29)25(19(13)28)15-5-6-16(26)24-18(15)27/h2-4,15,22H,5-12H2,1H3,(H,23,30)(H,24,26,27). The summed E-state index contributed by atoms with van der Waals surface area (Å²) < 4.78 is 15.2. The van der Waals surface area contributed by atoms with Crippen molar-refractivity contribution >= 4 is 35.4 Å². The fourth-order valence-corrected chi connectivity index (χ4v) is 3.54. The number of piperidine rings is 1. The van der Waals surface area contributed by atoms with Crippen LogP contribution in [0.3, 0.4) is 0 Å². The molecule has 1 aromatic carbocycles. The summed E-state index contributed by atoms with van der Waals surface area (Å²) in [5.74, 6) is -2.18. The predicted molar refractivity (Wildman–Crippen MR) is 114 cm³/mol. The molecule has 12 nitrogen and oxygen atoms in total. The summed E-state index contributed by atoms with van der Waals surface area (Å²) >= 11 is 0. The highest BCUT2D eigenvalue weighted by molar-refractivity contribution is 6.25. The van der Waals surface area contributed by atoms with E-state index in [9.17, 15) is 24.0 Å². The quantitative estimate of drug-likeness (QED) is 0.302. The van der Waals surface area contributed by atoms with Crippen LogP contribution in [0.5, 0.6) is 0 Å². The molecule has 5 amide bonds. The van der Waals surface area contributed by atoms with Gasteiger partial charge >= 0.3 is 6.09 Å². The smallest absolute Gasteiger partial charge is 0.406 e. The van der Waals surface area contributed by atoms with E-state index in [0.717, 1.165) is 4.90 Å². The molecule has 2 aliphatic heterocycles. The molecular weight excluding hydrogens is 436 g/mol. The maximum atomic E-state index is 13.0. The molecular formula is C21H26N4O8. The van der Waals surface area contributed by atoms with Crippen LogP contribution in [0, 0.1) is 0 Å². The minimum absolute atomic E-state index is 0.0672. The van der Waals surface area contributed by atoms with Gasteiger partial charge < -0.3 is 24.8 Å². The van der Waals surface area contributed by atoms with Gasteiger partial charge in [0.15, 0.2) is 0 Å². The van der Waals surface area contributed by atoms with E-state index >= 15 is 0 Å². The van der Waals surface area contributed by atoms with Crippen LogP contribution in [-0.4, -0.2) is 87.3 Å². The zero-order valence-electron chi connectivity index (χ0n) is 18.2. The van der Waals surface area contributed by atoms with E-state index in [2.05, 4.69) is 20.7 Å². The summed E-state index contributed by atoms with van der Waals surface area (Å²) in [6.45, 7) is 2.04. The Morgan fingerprint density at radius 2 is 1.79 bits per heavy atom. The average Bonchev–Trinajstić information content (AvgIpc) is 3.05. The third-order valence-corrected chi connectivity index (χ3v) is 5.10. The van der Waals surface area contributed by atoms with Crippen LogP contribution < -0.4 is 16.0 Å². The Bertz CT molecular complexity index is 935. The van der Waals surface area contributed by atoms with Crippen LogP contribution in [0.4, 0.5) is 10.5 Å². The fourth-order valence-electron chi connectivity index (χ4n) is 3.54. The zero-order chi connectivity index (χ0) is 23.8. The Balaban J connectivity index is 1.45. The van der Waals surface area contributed by atoms with Gasteiger partial charge in [-0.3, -0.25) is 29.4 Å². The number of methoxy groups -OCH3 is 1. The van der Waals surface area contributed by atoms with Crippen molar-refractivity contribution in [1.29, 1.82) is 0 Å². The van der Waals surface area contributed by atoms with Crippen molar-refractivity contribution in [3.8, 4) is 0 Å². The Kier molecular flexibility index (Phi) is 8.33. The largest absolute Gasteiger partial charge is 0.453 e. The van der Waals surface area contributed by atoms with E-state index in [1.165, 1.54) is 13.2 Å². The number of alkyl carbamates (subject to hydrolysis) is 1. The fraction of sp³-hybridized carbons (Fsp3) is 0.476. The number of anilines is 1. The van der Waals surface area contributed by atoms with Crippen molar-refractivity contribution in [2.24, 2.45) is 0 Å². The number of benzene rings is 1. The first-order valence-electron chi connectivity index (χ1n) is 10.5. The lowest BCUT2D eigenvalue weighted by atomic mass is 10.0. The van der Waals surface area contributed by atoms with E-state index in [0.29, 0.717) is 45.2 Å². The van der Waals surface area contributed by atoms with Crippen molar-refractivity contribution in [1.82, 2.24) is 15.5 Å². The van der Waals surface area contributed by atoms with Crippen molar-refractivity contribution in [2.75, 3.05) is 51.9 Å².